The van der Waals surface area contributed by atoms with Crippen LogP contribution in [0.4, 0.5) is 10.8 Å². The zero-order valence-corrected chi connectivity index (χ0v) is 15.6. The van der Waals surface area contributed by atoms with Crippen LogP contribution < -0.4 is 5.32 Å². The van der Waals surface area contributed by atoms with E-state index in [1.54, 1.807) is 31.2 Å². The summed E-state index contributed by atoms with van der Waals surface area (Å²) in [7, 11) is 0. The van der Waals surface area contributed by atoms with Crippen LogP contribution >= 0.6 is 34.5 Å². The van der Waals surface area contributed by atoms with Crippen molar-refractivity contribution >= 4 is 51.3 Å². The number of hydrogen-bond donors (Lipinski definition) is 1. The minimum absolute atomic E-state index is 0.328. The summed E-state index contributed by atoms with van der Waals surface area (Å²) in [4.78, 5) is 16.7. The van der Waals surface area contributed by atoms with Gasteiger partial charge in [-0.2, -0.15) is 0 Å². The zero-order valence-electron chi connectivity index (χ0n) is 13.3. The molecule has 0 fully saturated rings. The third-order valence-corrected chi connectivity index (χ3v) is 4.87. The van der Waals surface area contributed by atoms with E-state index in [2.05, 4.69) is 10.3 Å². The average Bonchev–Trinajstić information content (AvgIpc) is 3.07. The van der Waals surface area contributed by atoms with Crippen molar-refractivity contribution in [3.8, 4) is 11.3 Å². The van der Waals surface area contributed by atoms with E-state index in [1.165, 1.54) is 11.3 Å². The van der Waals surface area contributed by atoms with Crippen molar-refractivity contribution in [2.24, 2.45) is 0 Å². The zero-order chi connectivity index (χ0) is 17.8. The lowest BCUT2D eigenvalue weighted by molar-refractivity contribution is 0.0527. The number of thiazole rings is 1. The highest BCUT2D eigenvalue weighted by atomic mass is 35.5. The molecule has 25 heavy (non-hydrogen) atoms. The van der Waals surface area contributed by atoms with Crippen LogP contribution in [0.5, 0.6) is 0 Å². The fourth-order valence-electron chi connectivity index (χ4n) is 2.25. The number of aromatic nitrogens is 1. The highest BCUT2D eigenvalue weighted by molar-refractivity contribution is 7.14. The van der Waals surface area contributed by atoms with E-state index < -0.39 is 0 Å². The van der Waals surface area contributed by atoms with E-state index in [0.29, 0.717) is 33.0 Å². The molecule has 0 aliphatic carbocycles. The van der Waals surface area contributed by atoms with E-state index in [9.17, 15) is 4.79 Å². The number of benzene rings is 2. The quantitative estimate of drug-likeness (QED) is 0.537. The number of nitrogens with zero attached hydrogens (tertiary/aromatic N) is 1. The summed E-state index contributed by atoms with van der Waals surface area (Å²) in [5.74, 6) is -0.356. The fourth-order valence-corrected chi connectivity index (χ4v) is 3.27. The molecule has 7 heteroatoms. The first-order chi connectivity index (χ1) is 12.1. The Balaban J connectivity index is 1.86. The van der Waals surface area contributed by atoms with Crippen LogP contribution in [0, 0.1) is 0 Å². The average molecular weight is 393 g/mol. The molecule has 128 valence electrons. The van der Waals surface area contributed by atoms with Gasteiger partial charge in [0, 0.05) is 16.6 Å². The van der Waals surface area contributed by atoms with Gasteiger partial charge in [0.15, 0.2) is 5.13 Å². The molecule has 1 aromatic heterocycles. The standard InChI is InChI=1S/C18H14Cl2N2O2S/c1-2-24-17(23)13-6-4-3-5-12(13)16-10-25-18(22-16)21-11-7-8-14(19)15(20)9-11/h3-10H,2H2,1H3,(H,21,22). The highest BCUT2D eigenvalue weighted by Crippen LogP contribution is 2.31. The van der Waals surface area contributed by atoms with E-state index in [-0.39, 0.29) is 5.97 Å². The first-order valence-corrected chi connectivity index (χ1v) is 9.16. The molecule has 0 radical (unpaired) electrons. The van der Waals surface area contributed by atoms with Crippen LogP contribution in [-0.4, -0.2) is 17.6 Å². The molecule has 0 saturated carbocycles. The van der Waals surface area contributed by atoms with Crippen LogP contribution in [0.1, 0.15) is 17.3 Å². The minimum Gasteiger partial charge on any atom is -0.462 e. The lowest BCUT2D eigenvalue weighted by atomic mass is 10.1. The lowest BCUT2D eigenvalue weighted by Gasteiger charge is -2.07. The van der Waals surface area contributed by atoms with E-state index in [1.807, 2.05) is 23.6 Å². The number of rotatable bonds is 5. The molecular formula is C18H14Cl2N2O2S. The molecule has 2 aromatic carbocycles. The summed E-state index contributed by atoms with van der Waals surface area (Å²) >= 11 is 13.4. The van der Waals surface area contributed by atoms with Crippen molar-refractivity contribution in [3.63, 3.8) is 0 Å². The van der Waals surface area contributed by atoms with Gasteiger partial charge in [-0.25, -0.2) is 9.78 Å². The van der Waals surface area contributed by atoms with Crippen molar-refractivity contribution in [1.82, 2.24) is 4.98 Å². The molecule has 0 amide bonds. The van der Waals surface area contributed by atoms with Crippen LogP contribution in [0.2, 0.25) is 10.0 Å². The number of hydrogen-bond acceptors (Lipinski definition) is 5. The van der Waals surface area contributed by atoms with Crippen molar-refractivity contribution in [2.45, 2.75) is 6.92 Å². The summed E-state index contributed by atoms with van der Waals surface area (Å²) in [6.45, 7) is 2.11. The summed E-state index contributed by atoms with van der Waals surface area (Å²) in [5.41, 5.74) is 2.72. The van der Waals surface area contributed by atoms with Crippen molar-refractivity contribution < 1.29 is 9.53 Å². The molecule has 0 bridgehead atoms. The molecule has 0 aliphatic rings. The van der Waals surface area contributed by atoms with Crippen LogP contribution in [0.25, 0.3) is 11.3 Å². The number of esters is 1. The predicted octanol–water partition coefficient (Wildman–Crippen LogP) is 6.04. The van der Waals surface area contributed by atoms with Gasteiger partial charge in [-0.05, 0) is 31.2 Å². The molecular weight excluding hydrogens is 379 g/mol. The molecule has 3 rings (SSSR count). The Kier molecular flexibility index (Phi) is 5.58. The molecule has 0 aliphatic heterocycles. The normalized spacial score (nSPS) is 10.5. The Labute approximate surface area is 159 Å². The molecule has 0 unspecified atom stereocenters. The van der Waals surface area contributed by atoms with Crippen molar-refractivity contribution in [3.05, 3.63) is 63.5 Å². The Morgan fingerprint density at radius 2 is 2.00 bits per heavy atom. The maximum Gasteiger partial charge on any atom is 0.338 e. The molecule has 0 atom stereocenters. The smallest absolute Gasteiger partial charge is 0.338 e. The highest BCUT2D eigenvalue weighted by Gasteiger charge is 2.15. The third kappa shape index (κ3) is 4.12. The predicted molar refractivity (Wildman–Crippen MR) is 103 cm³/mol. The van der Waals surface area contributed by atoms with Gasteiger partial charge in [-0.1, -0.05) is 41.4 Å². The Morgan fingerprint density at radius 3 is 2.76 bits per heavy atom. The summed E-state index contributed by atoms with van der Waals surface area (Å²) in [5, 5.41) is 6.72. The maximum absolute atomic E-state index is 12.1. The second-order valence-corrected chi connectivity index (χ2v) is 6.73. The van der Waals surface area contributed by atoms with E-state index in [4.69, 9.17) is 27.9 Å². The number of carbonyl (C=O) groups is 1. The van der Waals surface area contributed by atoms with Crippen LogP contribution in [0.3, 0.4) is 0 Å². The number of ether oxygens (including phenoxy) is 1. The fraction of sp³-hybridized carbons (Fsp3) is 0.111. The van der Waals surface area contributed by atoms with Crippen molar-refractivity contribution in [2.75, 3.05) is 11.9 Å². The van der Waals surface area contributed by atoms with E-state index >= 15 is 0 Å². The van der Waals surface area contributed by atoms with Gasteiger partial charge in [-0.15, -0.1) is 11.3 Å². The maximum atomic E-state index is 12.1. The van der Waals surface area contributed by atoms with Gasteiger partial charge in [0.05, 0.1) is 27.9 Å². The van der Waals surface area contributed by atoms with Crippen molar-refractivity contribution in [1.29, 1.82) is 0 Å². The third-order valence-electron chi connectivity index (χ3n) is 3.37. The first-order valence-electron chi connectivity index (χ1n) is 7.52. The Bertz CT molecular complexity index is 912. The molecule has 0 saturated heterocycles. The van der Waals surface area contributed by atoms with Crippen LogP contribution in [-0.2, 0) is 4.74 Å². The number of anilines is 2. The van der Waals surface area contributed by atoms with Gasteiger partial charge in [-0.3, -0.25) is 0 Å². The van der Waals surface area contributed by atoms with Gasteiger partial charge in [0.2, 0.25) is 0 Å². The Hall–Kier alpha value is -2.08. The molecule has 1 N–H and O–H groups in total. The van der Waals surface area contributed by atoms with Gasteiger partial charge in [0.25, 0.3) is 0 Å². The van der Waals surface area contributed by atoms with Gasteiger partial charge in [0.1, 0.15) is 0 Å². The Morgan fingerprint density at radius 1 is 1.20 bits per heavy atom. The summed E-state index contributed by atoms with van der Waals surface area (Å²) in [6.07, 6.45) is 0. The largest absolute Gasteiger partial charge is 0.462 e. The number of halogens is 2. The minimum atomic E-state index is -0.356. The second-order valence-electron chi connectivity index (χ2n) is 5.06. The number of carbonyl (C=O) groups excluding carboxylic acids is 1. The van der Waals surface area contributed by atoms with Gasteiger partial charge < -0.3 is 10.1 Å². The summed E-state index contributed by atoms with van der Waals surface area (Å²) in [6, 6.07) is 12.5. The van der Waals surface area contributed by atoms with Gasteiger partial charge >= 0.3 is 5.97 Å². The topological polar surface area (TPSA) is 51.2 Å². The monoisotopic (exact) mass is 392 g/mol. The summed E-state index contributed by atoms with van der Waals surface area (Å²) < 4.78 is 5.11. The SMILES string of the molecule is CCOC(=O)c1ccccc1-c1csc(Nc2ccc(Cl)c(Cl)c2)n1. The molecule has 0 spiro atoms. The molecule has 1 heterocycles. The van der Waals surface area contributed by atoms with E-state index in [0.717, 1.165) is 11.3 Å². The molecule has 4 nitrogen and oxygen atoms in total. The first kappa shape index (κ1) is 17.7. The lowest BCUT2D eigenvalue weighted by Crippen LogP contribution is -2.06. The number of nitrogens with one attached hydrogen (secondary N) is 1. The van der Waals surface area contributed by atoms with Crippen LogP contribution in [0.15, 0.2) is 47.8 Å². The molecule has 3 aromatic rings. The second kappa shape index (κ2) is 7.87.